The zero-order valence-electron chi connectivity index (χ0n) is 6.99. The summed E-state index contributed by atoms with van der Waals surface area (Å²) >= 11 is 3.15. The summed E-state index contributed by atoms with van der Waals surface area (Å²) in [5.74, 6) is 0.0624. The van der Waals surface area contributed by atoms with E-state index < -0.39 is 10.0 Å². The van der Waals surface area contributed by atoms with Gasteiger partial charge in [0.1, 0.15) is 4.60 Å². The average Bonchev–Trinajstić information content (AvgIpc) is 2.03. The Bertz CT molecular complexity index is 391. The van der Waals surface area contributed by atoms with Crippen LogP contribution in [0.3, 0.4) is 0 Å². The Balaban J connectivity index is 2.87. The first-order chi connectivity index (χ1) is 6.03. The highest BCUT2D eigenvalue weighted by Crippen LogP contribution is 2.13. The van der Waals surface area contributed by atoms with Gasteiger partial charge in [-0.25, -0.2) is 13.4 Å². The van der Waals surface area contributed by atoms with Crippen LogP contribution in [0.4, 0.5) is 5.69 Å². The Hall–Kier alpha value is -0.620. The number of hydrogen-bond donors (Lipinski definition) is 1. The summed E-state index contributed by atoms with van der Waals surface area (Å²) in [7, 11) is -3.19. The van der Waals surface area contributed by atoms with E-state index in [1.54, 1.807) is 19.1 Å². The highest BCUT2D eigenvalue weighted by molar-refractivity contribution is 9.10. The fourth-order valence-corrected chi connectivity index (χ4v) is 1.71. The lowest BCUT2D eigenvalue weighted by molar-refractivity contribution is 0.602. The van der Waals surface area contributed by atoms with Crippen molar-refractivity contribution in [1.29, 1.82) is 0 Å². The smallest absolute Gasteiger partial charge is 0.232 e. The Kier molecular flexibility index (Phi) is 3.27. The number of anilines is 1. The molecule has 13 heavy (non-hydrogen) atoms. The molecule has 0 amide bonds. The van der Waals surface area contributed by atoms with Crippen LogP contribution in [0.2, 0.25) is 0 Å². The molecule has 0 fully saturated rings. The fourth-order valence-electron chi connectivity index (χ4n) is 0.718. The molecule has 0 aliphatic heterocycles. The summed E-state index contributed by atoms with van der Waals surface area (Å²) in [5.41, 5.74) is 0.517. The second-order valence-corrected chi connectivity index (χ2v) is 5.20. The van der Waals surface area contributed by atoms with Gasteiger partial charge in [-0.2, -0.15) is 0 Å². The number of aromatic nitrogens is 1. The standard InChI is InChI=1S/C7H9BrN2O2S/c1-2-13(11,12)10-6-3-4-9-7(8)5-6/h3-5H,2H2,1H3,(H,9,10). The lowest BCUT2D eigenvalue weighted by Crippen LogP contribution is -2.14. The molecule has 0 unspecified atom stereocenters. The number of halogens is 1. The topological polar surface area (TPSA) is 59.1 Å². The van der Waals surface area contributed by atoms with Crippen molar-refractivity contribution in [3.8, 4) is 0 Å². The van der Waals surface area contributed by atoms with Gasteiger partial charge in [0.05, 0.1) is 11.4 Å². The largest absolute Gasteiger partial charge is 0.283 e. The van der Waals surface area contributed by atoms with Gasteiger partial charge >= 0.3 is 0 Å². The van der Waals surface area contributed by atoms with Gasteiger partial charge in [0.15, 0.2) is 0 Å². The first kappa shape index (κ1) is 10.5. The normalized spacial score (nSPS) is 11.2. The van der Waals surface area contributed by atoms with Crippen LogP contribution >= 0.6 is 15.9 Å². The van der Waals surface area contributed by atoms with Gasteiger partial charge in [-0.1, -0.05) is 0 Å². The van der Waals surface area contributed by atoms with Gasteiger partial charge in [-0.3, -0.25) is 4.72 Å². The Labute approximate surface area is 85.6 Å². The van der Waals surface area contributed by atoms with Crippen LogP contribution in [0.15, 0.2) is 22.9 Å². The van der Waals surface area contributed by atoms with Gasteiger partial charge < -0.3 is 0 Å². The van der Waals surface area contributed by atoms with E-state index in [1.165, 1.54) is 6.20 Å². The minimum Gasteiger partial charge on any atom is -0.283 e. The van der Waals surface area contributed by atoms with Gasteiger partial charge in [-0.15, -0.1) is 0 Å². The number of pyridine rings is 1. The van der Waals surface area contributed by atoms with Crippen molar-refractivity contribution in [3.05, 3.63) is 22.9 Å². The van der Waals surface area contributed by atoms with E-state index >= 15 is 0 Å². The van der Waals surface area contributed by atoms with E-state index in [0.717, 1.165) is 0 Å². The minimum atomic E-state index is -3.19. The molecule has 1 N–H and O–H groups in total. The Morgan fingerprint density at radius 3 is 2.85 bits per heavy atom. The third-order valence-electron chi connectivity index (χ3n) is 1.38. The first-order valence-corrected chi connectivity index (χ1v) is 6.10. The Morgan fingerprint density at radius 2 is 2.31 bits per heavy atom. The monoisotopic (exact) mass is 264 g/mol. The molecule has 0 atom stereocenters. The number of nitrogens with zero attached hydrogens (tertiary/aromatic N) is 1. The molecule has 0 aromatic carbocycles. The minimum absolute atomic E-state index is 0.0624. The third kappa shape index (κ3) is 3.31. The van der Waals surface area contributed by atoms with Gasteiger partial charge in [0.2, 0.25) is 10.0 Å². The highest BCUT2D eigenvalue weighted by Gasteiger charge is 2.06. The molecule has 72 valence electrons. The van der Waals surface area contributed by atoms with Crippen LogP contribution in [0, 0.1) is 0 Å². The van der Waals surface area contributed by atoms with E-state index in [2.05, 4.69) is 25.6 Å². The van der Waals surface area contributed by atoms with Crippen LogP contribution in [-0.4, -0.2) is 19.2 Å². The summed E-state index contributed by atoms with van der Waals surface area (Å²) in [5, 5.41) is 0. The molecule has 0 saturated heterocycles. The van der Waals surface area contributed by atoms with Crippen LogP contribution in [0.1, 0.15) is 6.92 Å². The summed E-state index contributed by atoms with van der Waals surface area (Å²) in [6.45, 7) is 1.58. The summed E-state index contributed by atoms with van der Waals surface area (Å²) < 4.78 is 25.3. The average molecular weight is 265 g/mol. The molecule has 0 aliphatic carbocycles. The molecular formula is C7H9BrN2O2S. The molecule has 0 bridgehead atoms. The van der Waals surface area contributed by atoms with E-state index in [0.29, 0.717) is 10.3 Å². The van der Waals surface area contributed by atoms with Gasteiger partial charge in [0.25, 0.3) is 0 Å². The molecule has 0 spiro atoms. The van der Waals surface area contributed by atoms with Crippen molar-refractivity contribution in [2.75, 3.05) is 10.5 Å². The molecule has 6 heteroatoms. The summed E-state index contributed by atoms with van der Waals surface area (Å²) in [6.07, 6.45) is 1.53. The molecule has 1 rings (SSSR count). The SMILES string of the molecule is CCS(=O)(=O)Nc1ccnc(Br)c1. The number of sulfonamides is 1. The van der Waals surface area contributed by atoms with Crippen molar-refractivity contribution in [2.45, 2.75) is 6.92 Å². The van der Waals surface area contributed by atoms with Crippen molar-refractivity contribution in [2.24, 2.45) is 0 Å². The predicted octanol–water partition coefficient (Wildman–Crippen LogP) is 1.61. The summed E-state index contributed by atoms with van der Waals surface area (Å²) in [4.78, 5) is 3.88. The van der Waals surface area contributed by atoms with Gasteiger partial charge in [0, 0.05) is 6.20 Å². The maximum absolute atomic E-state index is 11.1. The zero-order chi connectivity index (χ0) is 9.90. The molecule has 4 nitrogen and oxygen atoms in total. The van der Waals surface area contributed by atoms with E-state index in [1.807, 2.05) is 0 Å². The fraction of sp³-hybridized carbons (Fsp3) is 0.286. The molecule has 0 aliphatic rings. The van der Waals surface area contributed by atoms with Gasteiger partial charge in [-0.05, 0) is 35.0 Å². The third-order valence-corrected chi connectivity index (χ3v) is 3.12. The molecule has 0 saturated carbocycles. The zero-order valence-corrected chi connectivity index (χ0v) is 9.39. The lowest BCUT2D eigenvalue weighted by atomic mass is 10.4. The second-order valence-electron chi connectivity index (χ2n) is 2.37. The van der Waals surface area contributed by atoms with Crippen molar-refractivity contribution in [3.63, 3.8) is 0 Å². The van der Waals surface area contributed by atoms with Crippen LogP contribution in [-0.2, 0) is 10.0 Å². The number of rotatable bonds is 3. The summed E-state index contributed by atoms with van der Waals surface area (Å²) in [6, 6.07) is 3.20. The predicted molar refractivity (Wildman–Crippen MR) is 55.0 cm³/mol. The number of hydrogen-bond acceptors (Lipinski definition) is 3. The van der Waals surface area contributed by atoms with Crippen LogP contribution < -0.4 is 4.72 Å². The van der Waals surface area contributed by atoms with Crippen LogP contribution in [0.25, 0.3) is 0 Å². The van der Waals surface area contributed by atoms with E-state index in [4.69, 9.17) is 0 Å². The molecule has 1 aromatic heterocycles. The van der Waals surface area contributed by atoms with Crippen molar-refractivity contribution in [1.82, 2.24) is 4.98 Å². The quantitative estimate of drug-likeness (QED) is 0.844. The molecular weight excluding hydrogens is 256 g/mol. The molecule has 0 radical (unpaired) electrons. The van der Waals surface area contributed by atoms with E-state index in [-0.39, 0.29) is 5.75 Å². The maximum atomic E-state index is 11.1. The van der Waals surface area contributed by atoms with E-state index in [9.17, 15) is 8.42 Å². The Morgan fingerprint density at radius 1 is 1.62 bits per heavy atom. The van der Waals surface area contributed by atoms with Crippen molar-refractivity contribution < 1.29 is 8.42 Å². The van der Waals surface area contributed by atoms with Crippen molar-refractivity contribution >= 4 is 31.6 Å². The lowest BCUT2D eigenvalue weighted by Gasteiger charge is -2.04. The molecule has 1 aromatic rings. The number of nitrogens with one attached hydrogen (secondary N) is 1. The first-order valence-electron chi connectivity index (χ1n) is 3.65. The highest BCUT2D eigenvalue weighted by atomic mass is 79.9. The molecule has 1 heterocycles. The maximum Gasteiger partial charge on any atom is 0.232 e. The second kappa shape index (κ2) is 4.06. The van der Waals surface area contributed by atoms with Crippen LogP contribution in [0.5, 0.6) is 0 Å².